The lowest BCUT2D eigenvalue weighted by molar-refractivity contribution is -0.128. The second-order valence-electron chi connectivity index (χ2n) is 4.33. The second kappa shape index (κ2) is 4.44. The normalized spacial score (nSPS) is 22.1. The Balaban J connectivity index is 2.41. The van der Waals surface area contributed by atoms with Gasteiger partial charge in [0.25, 0.3) is 0 Å². The van der Waals surface area contributed by atoms with Crippen molar-refractivity contribution in [2.75, 3.05) is 13.1 Å². The molecule has 0 spiro atoms. The topological polar surface area (TPSA) is 63.4 Å². The predicted octanol–water partition coefficient (Wildman–Crippen LogP) is 0.366. The number of nitrogens with two attached hydrogens (primary N) is 1. The molecule has 1 aliphatic rings. The quantitative estimate of drug-likeness (QED) is 0.709. The van der Waals surface area contributed by atoms with E-state index in [9.17, 15) is 9.59 Å². The van der Waals surface area contributed by atoms with Crippen molar-refractivity contribution in [1.82, 2.24) is 4.90 Å². The molecule has 1 heterocycles. The summed E-state index contributed by atoms with van der Waals surface area (Å²) in [4.78, 5) is 24.0. The van der Waals surface area contributed by atoms with Crippen LogP contribution in [0.3, 0.4) is 0 Å². The van der Waals surface area contributed by atoms with E-state index in [0.717, 1.165) is 13.0 Å². The molecular weight excluding hydrogens is 180 g/mol. The number of carbonyl (C=O) groups is 2. The highest BCUT2D eigenvalue weighted by Crippen LogP contribution is 2.18. The third kappa shape index (κ3) is 2.72. The lowest BCUT2D eigenvalue weighted by atomic mass is 10.1. The van der Waals surface area contributed by atoms with Crippen LogP contribution in [0.25, 0.3) is 0 Å². The van der Waals surface area contributed by atoms with E-state index in [1.54, 1.807) is 4.90 Å². The average molecular weight is 198 g/mol. The number of nitrogens with zero attached hydrogens (tertiary/aromatic N) is 1. The minimum Gasteiger partial charge on any atom is -0.369 e. The molecule has 1 saturated heterocycles. The van der Waals surface area contributed by atoms with Crippen molar-refractivity contribution in [2.45, 2.75) is 26.7 Å². The zero-order chi connectivity index (χ0) is 10.7. The van der Waals surface area contributed by atoms with Crippen molar-refractivity contribution in [3.63, 3.8) is 0 Å². The number of hydrogen-bond donors (Lipinski definition) is 1. The van der Waals surface area contributed by atoms with Gasteiger partial charge in [0.05, 0.1) is 5.92 Å². The number of primary amides is 1. The Morgan fingerprint density at radius 1 is 1.64 bits per heavy atom. The maximum atomic E-state index is 11.4. The maximum Gasteiger partial charge on any atom is 0.223 e. The van der Waals surface area contributed by atoms with Crippen molar-refractivity contribution in [3.8, 4) is 0 Å². The van der Waals surface area contributed by atoms with Gasteiger partial charge in [-0.2, -0.15) is 0 Å². The SMILES string of the molecule is CC(C)CCN1C[C@H](C(N)=O)CC1=O. The highest BCUT2D eigenvalue weighted by atomic mass is 16.2. The lowest BCUT2D eigenvalue weighted by Crippen LogP contribution is -2.29. The first-order valence-corrected chi connectivity index (χ1v) is 5.07. The van der Waals surface area contributed by atoms with E-state index in [2.05, 4.69) is 13.8 Å². The van der Waals surface area contributed by atoms with Crippen molar-refractivity contribution in [1.29, 1.82) is 0 Å². The van der Waals surface area contributed by atoms with Crippen LogP contribution in [0.5, 0.6) is 0 Å². The first kappa shape index (κ1) is 11.0. The lowest BCUT2D eigenvalue weighted by Gasteiger charge is -2.17. The largest absolute Gasteiger partial charge is 0.369 e. The van der Waals surface area contributed by atoms with Crippen LogP contribution in [0.4, 0.5) is 0 Å². The van der Waals surface area contributed by atoms with Gasteiger partial charge in [-0.15, -0.1) is 0 Å². The zero-order valence-electron chi connectivity index (χ0n) is 8.82. The smallest absolute Gasteiger partial charge is 0.223 e. The van der Waals surface area contributed by atoms with Gasteiger partial charge in [-0.1, -0.05) is 13.8 Å². The van der Waals surface area contributed by atoms with E-state index in [1.807, 2.05) is 0 Å². The molecule has 0 radical (unpaired) electrons. The predicted molar refractivity (Wildman–Crippen MR) is 53.3 cm³/mol. The molecule has 0 aliphatic carbocycles. The van der Waals surface area contributed by atoms with E-state index < -0.39 is 0 Å². The molecule has 80 valence electrons. The molecule has 0 aromatic rings. The van der Waals surface area contributed by atoms with Gasteiger partial charge >= 0.3 is 0 Å². The Labute approximate surface area is 84.4 Å². The highest BCUT2D eigenvalue weighted by molar-refractivity contribution is 5.88. The fourth-order valence-corrected chi connectivity index (χ4v) is 1.59. The van der Waals surface area contributed by atoms with Crippen molar-refractivity contribution in [2.24, 2.45) is 17.6 Å². The van der Waals surface area contributed by atoms with Crippen LogP contribution in [0.2, 0.25) is 0 Å². The number of likely N-dealkylation sites (tertiary alicyclic amines) is 1. The first-order valence-electron chi connectivity index (χ1n) is 5.07. The van der Waals surface area contributed by atoms with Crippen LogP contribution in [-0.2, 0) is 9.59 Å². The first-order chi connectivity index (χ1) is 6.50. The number of rotatable bonds is 4. The monoisotopic (exact) mass is 198 g/mol. The van der Waals surface area contributed by atoms with Gasteiger partial charge < -0.3 is 10.6 Å². The van der Waals surface area contributed by atoms with Crippen LogP contribution in [0.1, 0.15) is 26.7 Å². The van der Waals surface area contributed by atoms with E-state index >= 15 is 0 Å². The van der Waals surface area contributed by atoms with Crippen LogP contribution >= 0.6 is 0 Å². The standard InChI is InChI=1S/C10H18N2O2/c1-7(2)3-4-12-6-8(10(11)14)5-9(12)13/h7-8H,3-6H2,1-2H3,(H2,11,14)/t8-/m1/s1. The van der Waals surface area contributed by atoms with Crippen LogP contribution in [0, 0.1) is 11.8 Å². The fraction of sp³-hybridized carbons (Fsp3) is 0.800. The Morgan fingerprint density at radius 3 is 2.71 bits per heavy atom. The number of carbonyl (C=O) groups excluding carboxylic acids is 2. The summed E-state index contributed by atoms with van der Waals surface area (Å²) in [7, 11) is 0. The number of amides is 2. The van der Waals surface area contributed by atoms with Gasteiger partial charge in [0.15, 0.2) is 0 Å². The molecule has 2 amide bonds. The van der Waals surface area contributed by atoms with Crippen LogP contribution in [-0.4, -0.2) is 29.8 Å². The highest BCUT2D eigenvalue weighted by Gasteiger charge is 2.32. The summed E-state index contributed by atoms with van der Waals surface area (Å²) in [5.74, 6) is 0.0185. The van der Waals surface area contributed by atoms with E-state index in [4.69, 9.17) is 5.73 Å². The number of hydrogen-bond acceptors (Lipinski definition) is 2. The van der Waals surface area contributed by atoms with Gasteiger partial charge in [-0.3, -0.25) is 9.59 Å². The molecule has 4 nitrogen and oxygen atoms in total. The summed E-state index contributed by atoms with van der Waals surface area (Å²) < 4.78 is 0. The third-order valence-electron chi connectivity index (χ3n) is 2.59. The summed E-state index contributed by atoms with van der Waals surface area (Å²) in [5, 5.41) is 0. The van der Waals surface area contributed by atoms with Crippen molar-refractivity contribution in [3.05, 3.63) is 0 Å². The zero-order valence-corrected chi connectivity index (χ0v) is 8.82. The molecule has 1 aliphatic heterocycles. The molecule has 0 unspecified atom stereocenters. The Hall–Kier alpha value is -1.06. The molecule has 1 rings (SSSR count). The van der Waals surface area contributed by atoms with Gasteiger partial charge in [0.2, 0.25) is 11.8 Å². The molecule has 4 heteroatoms. The van der Waals surface area contributed by atoms with Crippen LogP contribution in [0.15, 0.2) is 0 Å². The summed E-state index contributed by atoms with van der Waals surface area (Å²) in [6, 6.07) is 0. The molecule has 0 aromatic heterocycles. The van der Waals surface area contributed by atoms with E-state index in [1.165, 1.54) is 0 Å². The molecule has 1 atom stereocenters. The molecule has 1 fully saturated rings. The molecule has 0 aromatic carbocycles. The summed E-state index contributed by atoms with van der Waals surface area (Å²) >= 11 is 0. The summed E-state index contributed by atoms with van der Waals surface area (Å²) in [6.07, 6.45) is 1.28. The minimum absolute atomic E-state index is 0.0643. The fourth-order valence-electron chi connectivity index (χ4n) is 1.59. The van der Waals surface area contributed by atoms with E-state index in [-0.39, 0.29) is 17.7 Å². The third-order valence-corrected chi connectivity index (χ3v) is 2.59. The Kier molecular flexibility index (Phi) is 3.49. The average Bonchev–Trinajstić information content (AvgIpc) is 2.43. The van der Waals surface area contributed by atoms with Crippen LogP contribution < -0.4 is 5.73 Å². The molecule has 14 heavy (non-hydrogen) atoms. The molecule has 0 bridgehead atoms. The summed E-state index contributed by atoms with van der Waals surface area (Å²) in [6.45, 7) is 5.50. The maximum absolute atomic E-state index is 11.4. The molecule has 2 N–H and O–H groups in total. The Morgan fingerprint density at radius 2 is 2.29 bits per heavy atom. The Bertz CT molecular complexity index is 238. The molecule has 0 saturated carbocycles. The minimum atomic E-state index is -0.356. The van der Waals surface area contributed by atoms with Gasteiger partial charge in [0.1, 0.15) is 0 Å². The molecular formula is C10H18N2O2. The second-order valence-corrected chi connectivity index (χ2v) is 4.33. The van der Waals surface area contributed by atoms with Crippen molar-refractivity contribution >= 4 is 11.8 Å². The van der Waals surface area contributed by atoms with Gasteiger partial charge in [-0.25, -0.2) is 0 Å². The van der Waals surface area contributed by atoms with Gasteiger partial charge in [-0.05, 0) is 12.3 Å². The van der Waals surface area contributed by atoms with Gasteiger partial charge in [0, 0.05) is 19.5 Å². The van der Waals surface area contributed by atoms with Crippen molar-refractivity contribution < 1.29 is 9.59 Å². The summed E-state index contributed by atoms with van der Waals surface area (Å²) in [5.41, 5.74) is 5.16. The van der Waals surface area contributed by atoms with E-state index in [0.29, 0.717) is 18.9 Å².